The van der Waals surface area contributed by atoms with E-state index in [4.69, 9.17) is 9.47 Å². The molecular formula is C11H19NO3. The molecule has 0 aliphatic carbocycles. The van der Waals surface area contributed by atoms with Gasteiger partial charge in [-0.05, 0) is 19.8 Å². The normalized spacial score (nSPS) is 20.2. The van der Waals surface area contributed by atoms with E-state index in [0.717, 1.165) is 18.4 Å². The van der Waals surface area contributed by atoms with Gasteiger partial charge in [0.2, 0.25) is 5.91 Å². The molecule has 4 nitrogen and oxygen atoms in total. The van der Waals surface area contributed by atoms with E-state index < -0.39 is 0 Å². The number of ether oxygens (including phenoxy) is 2. The van der Waals surface area contributed by atoms with Crippen molar-refractivity contribution in [2.45, 2.75) is 25.9 Å². The molecule has 0 aromatic heterocycles. The Morgan fingerprint density at radius 2 is 2.47 bits per heavy atom. The topological polar surface area (TPSA) is 47.6 Å². The van der Waals surface area contributed by atoms with Crippen LogP contribution in [0.1, 0.15) is 19.8 Å². The molecule has 1 aliphatic heterocycles. The van der Waals surface area contributed by atoms with E-state index in [1.807, 2.05) is 6.92 Å². The first kappa shape index (κ1) is 12.2. The second kappa shape index (κ2) is 6.58. The summed E-state index contributed by atoms with van der Waals surface area (Å²) in [4.78, 5) is 11.4. The Bertz CT molecular complexity index is 222. The molecule has 0 aromatic carbocycles. The first-order valence-electron chi connectivity index (χ1n) is 5.31. The van der Waals surface area contributed by atoms with E-state index in [1.54, 1.807) is 0 Å². The average molecular weight is 213 g/mol. The molecule has 1 saturated heterocycles. The third kappa shape index (κ3) is 4.95. The van der Waals surface area contributed by atoms with Gasteiger partial charge in [0, 0.05) is 13.2 Å². The second-order valence-corrected chi connectivity index (χ2v) is 3.80. The number of carbonyl (C=O) groups is 1. The van der Waals surface area contributed by atoms with Crippen molar-refractivity contribution in [1.82, 2.24) is 5.32 Å². The lowest BCUT2D eigenvalue weighted by Gasteiger charge is -2.10. The van der Waals surface area contributed by atoms with Crippen molar-refractivity contribution in [2.75, 3.05) is 26.4 Å². The van der Waals surface area contributed by atoms with Crippen molar-refractivity contribution in [3.63, 3.8) is 0 Å². The van der Waals surface area contributed by atoms with Crippen molar-refractivity contribution in [2.24, 2.45) is 0 Å². The van der Waals surface area contributed by atoms with E-state index >= 15 is 0 Å². The number of nitrogens with one attached hydrogen (secondary N) is 1. The van der Waals surface area contributed by atoms with Gasteiger partial charge in [-0.25, -0.2) is 0 Å². The molecule has 1 N–H and O–H groups in total. The van der Waals surface area contributed by atoms with Gasteiger partial charge >= 0.3 is 0 Å². The highest BCUT2D eigenvalue weighted by molar-refractivity contribution is 5.80. The van der Waals surface area contributed by atoms with Gasteiger partial charge in [0.25, 0.3) is 0 Å². The van der Waals surface area contributed by atoms with Crippen molar-refractivity contribution < 1.29 is 14.3 Å². The van der Waals surface area contributed by atoms with Crippen LogP contribution >= 0.6 is 0 Å². The minimum absolute atomic E-state index is 0.0218. The number of carbonyl (C=O) groups excluding carboxylic acids is 1. The highest BCUT2D eigenvalue weighted by Gasteiger charge is 2.22. The Hall–Kier alpha value is -0.870. The maximum atomic E-state index is 11.4. The van der Waals surface area contributed by atoms with Crippen LogP contribution in [0.3, 0.4) is 0 Å². The maximum absolute atomic E-state index is 11.4. The molecule has 1 heterocycles. The summed E-state index contributed by atoms with van der Waals surface area (Å²) in [6, 6.07) is 0. The number of hydrogen-bond acceptors (Lipinski definition) is 3. The van der Waals surface area contributed by atoms with Crippen molar-refractivity contribution in [1.29, 1.82) is 0 Å². The summed E-state index contributed by atoms with van der Waals surface area (Å²) in [5.74, 6) is -0.0218. The molecule has 0 aromatic rings. The highest BCUT2D eigenvalue weighted by Crippen LogP contribution is 2.11. The van der Waals surface area contributed by atoms with Crippen molar-refractivity contribution in [3.8, 4) is 0 Å². The first-order valence-corrected chi connectivity index (χ1v) is 5.31. The van der Waals surface area contributed by atoms with Gasteiger partial charge in [0.1, 0.15) is 6.10 Å². The summed E-state index contributed by atoms with van der Waals surface area (Å²) in [5, 5.41) is 2.78. The Balaban J connectivity index is 1.99. The zero-order valence-corrected chi connectivity index (χ0v) is 9.25. The molecule has 1 aliphatic rings. The predicted octanol–water partition coefficient (Wildman–Crippen LogP) is 0.874. The summed E-state index contributed by atoms with van der Waals surface area (Å²) in [7, 11) is 0. The molecule has 1 fully saturated rings. The number of rotatable bonds is 6. The fraction of sp³-hybridized carbons (Fsp3) is 0.727. The van der Waals surface area contributed by atoms with E-state index in [-0.39, 0.29) is 12.0 Å². The standard InChI is InChI=1S/C11H19NO3/c1-9(2)8-14-7-5-12-11(13)10-4-3-6-15-10/h10H,1,3-8H2,2H3,(H,12,13). The Morgan fingerprint density at radius 3 is 3.07 bits per heavy atom. The summed E-state index contributed by atoms with van der Waals surface area (Å²) in [5.41, 5.74) is 0.987. The fourth-order valence-corrected chi connectivity index (χ4v) is 1.39. The predicted molar refractivity (Wildman–Crippen MR) is 57.6 cm³/mol. The molecule has 1 rings (SSSR count). The number of amides is 1. The third-order valence-corrected chi connectivity index (χ3v) is 2.12. The van der Waals surface area contributed by atoms with E-state index in [1.165, 1.54) is 0 Å². The SMILES string of the molecule is C=C(C)COCCNC(=O)C1CCCO1. The van der Waals surface area contributed by atoms with Gasteiger partial charge in [0.15, 0.2) is 0 Å². The molecule has 1 amide bonds. The minimum atomic E-state index is -0.244. The van der Waals surface area contributed by atoms with E-state index in [0.29, 0.717) is 26.4 Å². The molecule has 0 spiro atoms. The van der Waals surface area contributed by atoms with Crippen LogP contribution in [0.2, 0.25) is 0 Å². The summed E-state index contributed by atoms with van der Waals surface area (Å²) < 4.78 is 10.5. The Labute approximate surface area is 90.6 Å². The molecule has 1 atom stereocenters. The summed E-state index contributed by atoms with van der Waals surface area (Å²) >= 11 is 0. The first-order chi connectivity index (χ1) is 7.20. The largest absolute Gasteiger partial charge is 0.375 e. The van der Waals surface area contributed by atoms with Crippen LogP contribution in [0.25, 0.3) is 0 Å². The summed E-state index contributed by atoms with van der Waals surface area (Å²) in [6.45, 7) is 7.93. The Morgan fingerprint density at radius 1 is 1.67 bits per heavy atom. The van der Waals surface area contributed by atoms with Gasteiger partial charge in [-0.1, -0.05) is 12.2 Å². The van der Waals surface area contributed by atoms with Crippen LogP contribution in [0, 0.1) is 0 Å². The molecular weight excluding hydrogens is 194 g/mol. The lowest BCUT2D eigenvalue weighted by Crippen LogP contribution is -2.36. The van der Waals surface area contributed by atoms with Crippen LogP contribution < -0.4 is 5.32 Å². The minimum Gasteiger partial charge on any atom is -0.375 e. The van der Waals surface area contributed by atoms with E-state index in [9.17, 15) is 4.79 Å². The maximum Gasteiger partial charge on any atom is 0.249 e. The van der Waals surface area contributed by atoms with Crippen LogP contribution in [-0.2, 0) is 14.3 Å². The fourth-order valence-electron chi connectivity index (χ4n) is 1.39. The van der Waals surface area contributed by atoms with Crippen LogP contribution in [-0.4, -0.2) is 38.4 Å². The highest BCUT2D eigenvalue weighted by atomic mass is 16.5. The third-order valence-electron chi connectivity index (χ3n) is 2.12. The number of hydrogen-bond donors (Lipinski definition) is 1. The molecule has 0 bridgehead atoms. The second-order valence-electron chi connectivity index (χ2n) is 3.80. The zero-order valence-electron chi connectivity index (χ0n) is 9.25. The van der Waals surface area contributed by atoms with Gasteiger partial charge < -0.3 is 14.8 Å². The molecule has 4 heteroatoms. The molecule has 15 heavy (non-hydrogen) atoms. The van der Waals surface area contributed by atoms with Gasteiger partial charge in [-0.2, -0.15) is 0 Å². The monoisotopic (exact) mass is 213 g/mol. The molecule has 0 radical (unpaired) electrons. The lowest BCUT2D eigenvalue weighted by atomic mass is 10.2. The lowest BCUT2D eigenvalue weighted by molar-refractivity contribution is -0.130. The smallest absolute Gasteiger partial charge is 0.249 e. The Kier molecular flexibility index (Phi) is 5.36. The van der Waals surface area contributed by atoms with Crippen LogP contribution in [0.4, 0.5) is 0 Å². The quantitative estimate of drug-likeness (QED) is 0.526. The molecule has 0 saturated carbocycles. The van der Waals surface area contributed by atoms with Gasteiger partial charge in [0.05, 0.1) is 13.2 Å². The van der Waals surface area contributed by atoms with Gasteiger partial charge in [-0.3, -0.25) is 4.79 Å². The molecule has 1 unspecified atom stereocenters. The van der Waals surface area contributed by atoms with Crippen LogP contribution in [0.15, 0.2) is 12.2 Å². The van der Waals surface area contributed by atoms with E-state index in [2.05, 4.69) is 11.9 Å². The average Bonchev–Trinajstić information content (AvgIpc) is 2.69. The van der Waals surface area contributed by atoms with Gasteiger partial charge in [-0.15, -0.1) is 0 Å². The molecule has 86 valence electrons. The zero-order chi connectivity index (χ0) is 11.1. The van der Waals surface area contributed by atoms with Crippen molar-refractivity contribution in [3.05, 3.63) is 12.2 Å². The van der Waals surface area contributed by atoms with Crippen LogP contribution in [0.5, 0.6) is 0 Å². The summed E-state index contributed by atoms with van der Waals surface area (Å²) in [6.07, 6.45) is 1.56. The van der Waals surface area contributed by atoms with Crippen molar-refractivity contribution >= 4 is 5.91 Å².